The Morgan fingerprint density at radius 3 is 2.82 bits per heavy atom. The van der Waals surface area contributed by atoms with Crippen molar-refractivity contribution in [3.63, 3.8) is 0 Å². The monoisotopic (exact) mass is 240 g/mol. The summed E-state index contributed by atoms with van der Waals surface area (Å²) in [6.45, 7) is 7.57. The average Bonchev–Trinajstić information content (AvgIpc) is 2.38. The average molecular weight is 240 g/mol. The van der Waals surface area contributed by atoms with Crippen LogP contribution in [-0.4, -0.2) is 49.8 Å². The van der Waals surface area contributed by atoms with E-state index in [-0.39, 0.29) is 0 Å². The molecule has 1 aliphatic heterocycles. The van der Waals surface area contributed by atoms with Crippen molar-refractivity contribution < 1.29 is 4.74 Å². The van der Waals surface area contributed by atoms with Crippen LogP contribution in [0.2, 0.25) is 0 Å². The second kappa shape index (κ2) is 6.17. The second-order valence-electron chi connectivity index (χ2n) is 5.71. The number of morpholine rings is 1. The topological polar surface area (TPSA) is 24.5 Å². The lowest BCUT2D eigenvalue weighted by atomic mass is 9.80. The highest BCUT2D eigenvalue weighted by Gasteiger charge is 2.35. The lowest BCUT2D eigenvalue weighted by Gasteiger charge is -2.46. The molecule has 1 saturated carbocycles. The van der Waals surface area contributed by atoms with Crippen molar-refractivity contribution in [2.24, 2.45) is 5.92 Å². The summed E-state index contributed by atoms with van der Waals surface area (Å²) in [7, 11) is 2.12. The fourth-order valence-electron chi connectivity index (χ4n) is 3.54. The summed E-state index contributed by atoms with van der Waals surface area (Å²) in [6.07, 6.45) is 5.44. The van der Waals surface area contributed by atoms with Crippen molar-refractivity contribution in [2.45, 2.75) is 57.7 Å². The fraction of sp³-hybridized carbons (Fsp3) is 1.00. The first-order valence-corrected chi connectivity index (χ1v) is 7.27. The number of likely N-dealkylation sites (N-methyl/N-ethyl adjacent to an activating group) is 1. The van der Waals surface area contributed by atoms with Crippen LogP contribution in [-0.2, 0) is 4.74 Å². The zero-order valence-corrected chi connectivity index (χ0v) is 11.6. The highest BCUT2D eigenvalue weighted by molar-refractivity contribution is 4.92. The third kappa shape index (κ3) is 3.01. The lowest BCUT2D eigenvalue weighted by Crippen LogP contribution is -2.58. The summed E-state index contributed by atoms with van der Waals surface area (Å²) in [5.41, 5.74) is 0. The molecular weight excluding hydrogens is 212 g/mol. The molecule has 0 radical (unpaired) electrons. The highest BCUT2D eigenvalue weighted by Crippen LogP contribution is 2.31. The standard InChI is InChI=1S/C14H28N2O/c1-4-12-5-6-13(15-3)14(9-12)16-7-8-17-10-11(16)2/h11-15H,4-10H2,1-3H3. The van der Waals surface area contributed by atoms with Gasteiger partial charge in [-0.2, -0.15) is 0 Å². The van der Waals surface area contributed by atoms with Gasteiger partial charge in [0.2, 0.25) is 0 Å². The molecule has 0 amide bonds. The molecule has 1 N–H and O–H groups in total. The third-order valence-corrected chi connectivity index (χ3v) is 4.72. The zero-order valence-electron chi connectivity index (χ0n) is 11.6. The van der Waals surface area contributed by atoms with E-state index in [0.717, 1.165) is 31.7 Å². The van der Waals surface area contributed by atoms with Gasteiger partial charge >= 0.3 is 0 Å². The number of hydrogen-bond acceptors (Lipinski definition) is 3. The molecule has 1 saturated heterocycles. The van der Waals surface area contributed by atoms with Gasteiger partial charge < -0.3 is 10.1 Å². The minimum atomic E-state index is 0.584. The van der Waals surface area contributed by atoms with Gasteiger partial charge in [0, 0.05) is 24.7 Å². The molecule has 4 unspecified atom stereocenters. The largest absolute Gasteiger partial charge is 0.379 e. The molecule has 3 heteroatoms. The van der Waals surface area contributed by atoms with Crippen LogP contribution in [0.25, 0.3) is 0 Å². The molecule has 2 aliphatic rings. The summed E-state index contributed by atoms with van der Waals surface area (Å²) in [5, 5.41) is 3.53. The zero-order chi connectivity index (χ0) is 12.3. The van der Waals surface area contributed by atoms with Crippen molar-refractivity contribution >= 4 is 0 Å². The van der Waals surface area contributed by atoms with E-state index < -0.39 is 0 Å². The maximum Gasteiger partial charge on any atom is 0.0619 e. The van der Waals surface area contributed by atoms with Crippen LogP contribution in [0.3, 0.4) is 0 Å². The predicted octanol–water partition coefficient (Wildman–Crippen LogP) is 1.87. The summed E-state index contributed by atoms with van der Waals surface area (Å²) in [6, 6.07) is 1.98. The van der Waals surface area contributed by atoms with Gasteiger partial charge in [0.05, 0.1) is 13.2 Å². The second-order valence-corrected chi connectivity index (χ2v) is 5.71. The molecular formula is C14H28N2O. The smallest absolute Gasteiger partial charge is 0.0619 e. The molecule has 2 rings (SSSR count). The van der Waals surface area contributed by atoms with Crippen molar-refractivity contribution in [1.82, 2.24) is 10.2 Å². The number of rotatable bonds is 3. The van der Waals surface area contributed by atoms with E-state index in [2.05, 4.69) is 31.1 Å². The maximum atomic E-state index is 5.56. The lowest BCUT2D eigenvalue weighted by molar-refractivity contribution is -0.0417. The Labute approximate surface area is 106 Å². The van der Waals surface area contributed by atoms with Gasteiger partial charge in [-0.3, -0.25) is 4.90 Å². The minimum Gasteiger partial charge on any atom is -0.379 e. The number of hydrogen-bond donors (Lipinski definition) is 1. The van der Waals surface area contributed by atoms with Crippen LogP contribution in [0, 0.1) is 5.92 Å². The Bertz CT molecular complexity index is 234. The first-order chi connectivity index (χ1) is 8.26. The van der Waals surface area contributed by atoms with Gasteiger partial charge in [0.1, 0.15) is 0 Å². The normalized spacial score (nSPS) is 40.4. The van der Waals surface area contributed by atoms with Gasteiger partial charge in [-0.1, -0.05) is 13.3 Å². The third-order valence-electron chi connectivity index (χ3n) is 4.72. The van der Waals surface area contributed by atoms with Crippen LogP contribution < -0.4 is 5.32 Å². The Balaban J connectivity index is 2.02. The molecule has 0 spiro atoms. The number of nitrogens with zero attached hydrogens (tertiary/aromatic N) is 1. The van der Waals surface area contributed by atoms with Crippen LogP contribution in [0.15, 0.2) is 0 Å². The van der Waals surface area contributed by atoms with Crippen molar-refractivity contribution in [1.29, 1.82) is 0 Å². The van der Waals surface area contributed by atoms with Gasteiger partial charge in [0.15, 0.2) is 0 Å². The van der Waals surface area contributed by atoms with E-state index in [9.17, 15) is 0 Å². The van der Waals surface area contributed by atoms with Crippen molar-refractivity contribution in [3.8, 4) is 0 Å². The summed E-state index contributed by atoms with van der Waals surface area (Å²) in [4.78, 5) is 2.69. The number of nitrogens with one attached hydrogen (secondary N) is 1. The van der Waals surface area contributed by atoms with Crippen LogP contribution in [0.4, 0.5) is 0 Å². The van der Waals surface area contributed by atoms with Gasteiger partial charge in [-0.25, -0.2) is 0 Å². The Morgan fingerprint density at radius 2 is 2.18 bits per heavy atom. The quantitative estimate of drug-likeness (QED) is 0.815. The summed E-state index contributed by atoms with van der Waals surface area (Å²) >= 11 is 0. The molecule has 1 aliphatic carbocycles. The minimum absolute atomic E-state index is 0.584. The molecule has 100 valence electrons. The molecule has 0 bridgehead atoms. The molecule has 4 atom stereocenters. The number of ether oxygens (including phenoxy) is 1. The molecule has 17 heavy (non-hydrogen) atoms. The first-order valence-electron chi connectivity index (χ1n) is 7.27. The summed E-state index contributed by atoms with van der Waals surface area (Å²) < 4.78 is 5.56. The Hall–Kier alpha value is -0.120. The SMILES string of the molecule is CCC1CCC(NC)C(N2CCOCC2C)C1. The molecule has 2 fully saturated rings. The van der Waals surface area contributed by atoms with Gasteiger partial charge in [0.25, 0.3) is 0 Å². The first kappa shape index (κ1) is 13.3. The molecule has 0 aromatic rings. The van der Waals surface area contributed by atoms with Gasteiger partial charge in [-0.15, -0.1) is 0 Å². The predicted molar refractivity (Wildman–Crippen MR) is 71.3 cm³/mol. The van der Waals surface area contributed by atoms with Crippen LogP contribution in [0.5, 0.6) is 0 Å². The summed E-state index contributed by atoms with van der Waals surface area (Å²) in [5.74, 6) is 0.930. The highest BCUT2D eigenvalue weighted by atomic mass is 16.5. The van der Waals surface area contributed by atoms with E-state index in [1.54, 1.807) is 0 Å². The fourth-order valence-corrected chi connectivity index (χ4v) is 3.54. The van der Waals surface area contributed by atoms with Crippen molar-refractivity contribution in [3.05, 3.63) is 0 Å². The maximum absolute atomic E-state index is 5.56. The Morgan fingerprint density at radius 1 is 1.35 bits per heavy atom. The van der Waals surface area contributed by atoms with E-state index in [4.69, 9.17) is 4.74 Å². The van der Waals surface area contributed by atoms with E-state index in [1.807, 2.05) is 0 Å². The van der Waals surface area contributed by atoms with E-state index >= 15 is 0 Å². The van der Waals surface area contributed by atoms with Crippen LogP contribution >= 0.6 is 0 Å². The van der Waals surface area contributed by atoms with Gasteiger partial charge in [-0.05, 0) is 39.2 Å². The van der Waals surface area contributed by atoms with E-state index in [1.165, 1.54) is 25.7 Å². The molecule has 3 nitrogen and oxygen atoms in total. The van der Waals surface area contributed by atoms with Crippen molar-refractivity contribution in [2.75, 3.05) is 26.8 Å². The molecule has 0 aromatic carbocycles. The molecule has 1 heterocycles. The Kier molecular flexibility index (Phi) is 4.83. The van der Waals surface area contributed by atoms with Crippen LogP contribution in [0.1, 0.15) is 39.5 Å². The van der Waals surface area contributed by atoms with E-state index in [0.29, 0.717) is 12.1 Å². The molecule has 0 aromatic heterocycles.